The van der Waals surface area contributed by atoms with E-state index in [9.17, 15) is 4.79 Å². The summed E-state index contributed by atoms with van der Waals surface area (Å²) in [6.45, 7) is 4.78. The summed E-state index contributed by atoms with van der Waals surface area (Å²) in [5, 5.41) is 0.623. The Balaban J connectivity index is 2.15. The number of nitrogens with zero attached hydrogens (tertiary/aromatic N) is 1. The van der Waals surface area contributed by atoms with Crippen molar-refractivity contribution in [3.05, 3.63) is 46.1 Å². The fourth-order valence-electron chi connectivity index (χ4n) is 2.44. The molecule has 1 aromatic heterocycles. The molecule has 0 N–H and O–H groups in total. The largest absolute Gasteiger partial charge is 0.440 e. The van der Waals surface area contributed by atoms with Crippen LogP contribution in [0.3, 0.4) is 0 Å². The number of hydrogen-bond donors (Lipinski definition) is 0. The summed E-state index contributed by atoms with van der Waals surface area (Å²) < 4.78 is 11.3. The molecule has 1 aromatic carbocycles. The zero-order chi connectivity index (χ0) is 13.9. The van der Waals surface area contributed by atoms with Gasteiger partial charge in [-0.15, -0.1) is 0 Å². The molecule has 0 bridgehead atoms. The second kappa shape index (κ2) is 5.51. The minimum Gasteiger partial charge on any atom is -0.440 e. The minimum absolute atomic E-state index is 0.000838. The maximum Gasteiger partial charge on any atom is 0.200 e. The second-order valence-electron chi connectivity index (χ2n) is 4.77. The lowest BCUT2D eigenvalue weighted by molar-refractivity contribution is 0.121. The van der Waals surface area contributed by atoms with Gasteiger partial charge in [0.15, 0.2) is 11.3 Å². The summed E-state index contributed by atoms with van der Waals surface area (Å²) in [4.78, 5) is 14.3. The van der Waals surface area contributed by atoms with Gasteiger partial charge in [-0.1, -0.05) is 24.3 Å². The number of ether oxygens (including phenoxy) is 1. The smallest absolute Gasteiger partial charge is 0.200 e. The average molecular weight is 271 g/mol. The zero-order valence-electron chi connectivity index (χ0n) is 11.5. The molecule has 0 spiro atoms. The van der Waals surface area contributed by atoms with E-state index in [1.54, 1.807) is 12.1 Å². The molecule has 0 aliphatic carbocycles. The molecule has 0 unspecified atom stereocenters. The van der Waals surface area contributed by atoms with Gasteiger partial charge in [-0.05, 0) is 13.0 Å². The Hall–Kier alpha value is -2.07. The van der Waals surface area contributed by atoms with Crippen LogP contribution in [0.1, 0.15) is 12.5 Å². The van der Waals surface area contributed by atoms with E-state index in [0.717, 1.165) is 18.7 Å². The van der Waals surface area contributed by atoms with Crippen molar-refractivity contribution >= 4 is 22.9 Å². The van der Waals surface area contributed by atoms with Gasteiger partial charge in [0.2, 0.25) is 0 Å². The van der Waals surface area contributed by atoms with Crippen molar-refractivity contribution in [2.45, 2.75) is 6.92 Å². The lowest BCUT2D eigenvalue weighted by atomic mass is 10.1. The molecular weight excluding hydrogens is 254 g/mol. The highest BCUT2D eigenvalue weighted by molar-refractivity contribution is 5.86. The number of para-hydroxylation sites is 1. The molecule has 1 saturated heterocycles. The molecule has 0 saturated carbocycles. The molecule has 1 aliphatic rings. The normalized spacial score (nSPS) is 16.1. The number of rotatable bonds is 2. The van der Waals surface area contributed by atoms with Crippen LogP contribution in [0.4, 0.5) is 5.88 Å². The Labute approximate surface area is 117 Å². The summed E-state index contributed by atoms with van der Waals surface area (Å²) in [6, 6.07) is 7.21. The van der Waals surface area contributed by atoms with Gasteiger partial charge in [0, 0.05) is 24.7 Å². The van der Waals surface area contributed by atoms with Crippen LogP contribution in [0.2, 0.25) is 0 Å². The monoisotopic (exact) mass is 271 g/mol. The molecule has 4 heteroatoms. The zero-order valence-corrected chi connectivity index (χ0v) is 11.5. The maximum atomic E-state index is 12.3. The highest BCUT2D eigenvalue weighted by atomic mass is 16.5. The van der Waals surface area contributed by atoms with Crippen LogP contribution < -0.4 is 10.3 Å². The first-order valence-electron chi connectivity index (χ1n) is 6.82. The highest BCUT2D eigenvalue weighted by Gasteiger charge is 2.16. The highest BCUT2D eigenvalue weighted by Crippen LogP contribution is 2.23. The van der Waals surface area contributed by atoms with E-state index < -0.39 is 0 Å². The van der Waals surface area contributed by atoms with Gasteiger partial charge in [0.05, 0.1) is 18.6 Å². The summed E-state index contributed by atoms with van der Waals surface area (Å²) in [5.74, 6) is 0.628. The lowest BCUT2D eigenvalue weighted by Gasteiger charge is -2.27. The van der Waals surface area contributed by atoms with Gasteiger partial charge < -0.3 is 14.1 Å². The third kappa shape index (κ3) is 2.34. The van der Waals surface area contributed by atoms with Crippen molar-refractivity contribution < 1.29 is 9.15 Å². The molecule has 0 atom stereocenters. The Kier molecular flexibility index (Phi) is 3.56. The predicted octanol–water partition coefficient (Wildman–Crippen LogP) is 2.66. The third-order valence-electron chi connectivity index (χ3n) is 3.44. The van der Waals surface area contributed by atoms with Crippen molar-refractivity contribution in [2.24, 2.45) is 0 Å². The van der Waals surface area contributed by atoms with Crippen LogP contribution in [0.15, 0.2) is 39.6 Å². The van der Waals surface area contributed by atoms with Gasteiger partial charge in [-0.2, -0.15) is 0 Å². The molecule has 4 nitrogen and oxygen atoms in total. The van der Waals surface area contributed by atoms with Crippen LogP contribution in [0, 0.1) is 0 Å². The van der Waals surface area contributed by atoms with E-state index in [1.165, 1.54) is 0 Å². The van der Waals surface area contributed by atoms with E-state index in [1.807, 2.05) is 31.2 Å². The summed E-state index contributed by atoms with van der Waals surface area (Å²) >= 11 is 0. The van der Waals surface area contributed by atoms with Crippen LogP contribution in [0.25, 0.3) is 17.0 Å². The van der Waals surface area contributed by atoms with E-state index in [4.69, 9.17) is 9.15 Å². The number of anilines is 1. The molecule has 104 valence electrons. The first-order chi connectivity index (χ1) is 9.79. The molecule has 3 rings (SSSR count). The molecule has 2 heterocycles. The summed E-state index contributed by atoms with van der Waals surface area (Å²) in [7, 11) is 0. The van der Waals surface area contributed by atoms with Crippen molar-refractivity contribution in [1.82, 2.24) is 0 Å². The SMILES string of the molecule is CC=Cc1cccc2c(=O)cc(N3CCOCC3)oc12. The van der Waals surface area contributed by atoms with Crippen LogP contribution >= 0.6 is 0 Å². The Bertz CT molecular complexity index is 696. The van der Waals surface area contributed by atoms with E-state index in [2.05, 4.69) is 4.90 Å². The standard InChI is InChI=1S/C16H17NO3/c1-2-4-12-5-3-6-13-14(18)11-15(20-16(12)13)17-7-9-19-10-8-17/h2-6,11H,7-10H2,1H3. The minimum atomic E-state index is -0.000838. The number of fused-ring (bicyclic) bond motifs is 1. The van der Waals surface area contributed by atoms with Crippen molar-refractivity contribution in [3.63, 3.8) is 0 Å². The number of benzene rings is 1. The van der Waals surface area contributed by atoms with Gasteiger partial charge >= 0.3 is 0 Å². The van der Waals surface area contributed by atoms with Crippen molar-refractivity contribution in [2.75, 3.05) is 31.2 Å². The molecule has 1 fully saturated rings. The number of allylic oxidation sites excluding steroid dienone is 1. The van der Waals surface area contributed by atoms with Gasteiger partial charge in [-0.3, -0.25) is 4.79 Å². The van der Waals surface area contributed by atoms with Crippen LogP contribution in [0.5, 0.6) is 0 Å². The number of morpholine rings is 1. The topological polar surface area (TPSA) is 42.7 Å². The third-order valence-corrected chi connectivity index (χ3v) is 3.44. The fraction of sp³-hybridized carbons (Fsp3) is 0.312. The van der Waals surface area contributed by atoms with Crippen LogP contribution in [-0.2, 0) is 4.74 Å². The Morgan fingerprint density at radius 1 is 1.25 bits per heavy atom. The molecule has 0 radical (unpaired) electrons. The van der Waals surface area contributed by atoms with E-state index in [-0.39, 0.29) is 5.43 Å². The van der Waals surface area contributed by atoms with Gasteiger partial charge in [0.25, 0.3) is 0 Å². The first-order valence-corrected chi connectivity index (χ1v) is 6.82. The number of hydrogen-bond acceptors (Lipinski definition) is 4. The van der Waals surface area contributed by atoms with E-state index >= 15 is 0 Å². The second-order valence-corrected chi connectivity index (χ2v) is 4.77. The fourth-order valence-corrected chi connectivity index (χ4v) is 2.44. The lowest BCUT2D eigenvalue weighted by Crippen LogP contribution is -2.36. The first kappa shape index (κ1) is 12.9. The summed E-state index contributed by atoms with van der Waals surface area (Å²) in [5.41, 5.74) is 1.58. The maximum absolute atomic E-state index is 12.3. The average Bonchev–Trinajstić information content (AvgIpc) is 2.49. The van der Waals surface area contributed by atoms with E-state index in [0.29, 0.717) is 30.1 Å². The van der Waals surface area contributed by atoms with Crippen molar-refractivity contribution in [1.29, 1.82) is 0 Å². The molecular formula is C16H17NO3. The molecule has 20 heavy (non-hydrogen) atoms. The molecule has 0 amide bonds. The Morgan fingerprint density at radius 3 is 2.80 bits per heavy atom. The molecule has 1 aliphatic heterocycles. The molecule has 2 aromatic rings. The predicted molar refractivity (Wildman–Crippen MR) is 80.2 cm³/mol. The van der Waals surface area contributed by atoms with Crippen LogP contribution in [-0.4, -0.2) is 26.3 Å². The van der Waals surface area contributed by atoms with Gasteiger partial charge in [0.1, 0.15) is 5.58 Å². The Morgan fingerprint density at radius 2 is 2.05 bits per heavy atom. The summed E-state index contributed by atoms with van der Waals surface area (Å²) in [6.07, 6.45) is 3.89. The van der Waals surface area contributed by atoms with Gasteiger partial charge in [-0.25, -0.2) is 0 Å². The quantitative estimate of drug-likeness (QED) is 0.842. The van der Waals surface area contributed by atoms with Crippen molar-refractivity contribution in [3.8, 4) is 0 Å².